The summed E-state index contributed by atoms with van der Waals surface area (Å²) in [4.78, 5) is 2.12. The van der Waals surface area contributed by atoms with Gasteiger partial charge in [0.05, 0.1) is 0 Å². The lowest BCUT2D eigenvalue weighted by atomic mass is 10.1. The Bertz CT molecular complexity index is 322. The highest BCUT2D eigenvalue weighted by atomic mass is 16.5. The minimum atomic E-state index is 0.392. The van der Waals surface area contributed by atoms with Crippen molar-refractivity contribution >= 4 is 5.69 Å². The molecule has 0 amide bonds. The van der Waals surface area contributed by atoms with Crippen molar-refractivity contribution in [3.05, 3.63) is 29.8 Å². The van der Waals surface area contributed by atoms with Gasteiger partial charge in [-0.25, -0.2) is 0 Å². The average molecular weight is 250 g/mol. The van der Waals surface area contributed by atoms with Crippen LogP contribution in [0.15, 0.2) is 24.3 Å². The van der Waals surface area contributed by atoms with Gasteiger partial charge in [0, 0.05) is 39.0 Å². The van der Waals surface area contributed by atoms with Crippen LogP contribution in [0.5, 0.6) is 0 Å². The highest BCUT2D eigenvalue weighted by molar-refractivity contribution is 5.46. The summed E-state index contributed by atoms with van der Waals surface area (Å²) in [5.41, 5.74) is 2.57. The lowest BCUT2D eigenvalue weighted by Gasteiger charge is -2.17. The van der Waals surface area contributed by atoms with Crippen molar-refractivity contribution in [2.75, 3.05) is 38.8 Å². The molecule has 1 rings (SSSR count). The van der Waals surface area contributed by atoms with Crippen LogP contribution in [0, 0.1) is 0 Å². The summed E-state index contributed by atoms with van der Waals surface area (Å²) < 4.78 is 5.32. The smallest absolute Gasteiger partial charge is 0.0477 e. The fourth-order valence-electron chi connectivity index (χ4n) is 1.82. The van der Waals surface area contributed by atoms with Crippen LogP contribution < -0.4 is 10.2 Å². The predicted molar refractivity (Wildman–Crippen MR) is 78.3 cm³/mol. The Morgan fingerprint density at radius 2 is 1.89 bits per heavy atom. The molecule has 1 N–H and O–H groups in total. The topological polar surface area (TPSA) is 24.5 Å². The van der Waals surface area contributed by atoms with Gasteiger partial charge in [0.1, 0.15) is 0 Å². The minimum Gasteiger partial charge on any atom is -0.382 e. The Morgan fingerprint density at radius 3 is 2.44 bits per heavy atom. The van der Waals surface area contributed by atoms with Gasteiger partial charge >= 0.3 is 0 Å². The molecule has 1 aromatic carbocycles. The molecule has 0 aromatic heterocycles. The van der Waals surface area contributed by atoms with Gasteiger partial charge in [0.15, 0.2) is 0 Å². The predicted octanol–water partition coefficient (Wildman–Crippen LogP) is 2.83. The van der Waals surface area contributed by atoms with Gasteiger partial charge in [0.2, 0.25) is 0 Å². The molecule has 0 spiro atoms. The first kappa shape index (κ1) is 15.0. The number of nitrogens with one attached hydrogen (secondary N) is 1. The van der Waals surface area contributed by atoms with Gasteiger partial charge in [-0.3, -0.25) is 0 Å². The molecule has 0 radical (unpaired) electrons. The van der Waals surface area contributed by atoms with E-state index in [-0.39, 0.29) is 0 Å². The lowest BCUT2D eigenvalue weighted by molar-refractivity contribution is 0.144. The van der Waals surface area contributed by atoms with E-state index in [1.807, 2.05) is 6.92 Å². The Labute approximate surface area is 111 Å². The molecule has 0 saturated carbocycles. The second kappa shape index (κ2) is 8.11. The number of ether oxygens (including phenoxy) is 1. The molecule has 0 aliphatic heterocycles. The third-order valence-electron chi connectivity index (χ3n) is 3.03. The van der Waals surface area contributed by atoms with Crippen molar-refractivity contribution in [2.45, 2.75) is 26.3 Å². The van der Waals surface area contributed by atoms with Crippen LogP contribution in [-0.2, 0) is 4.74 Å². The number of rotatable bonds is 8. The number of hydrogen-bond donors (Lipinski definition) is 1. The zero-order valence-corrected chi connectivity index (χ0v) is 12.1. The van der Waals surface area contributed by atoms with Crippen LogP contribution in [0.25, 0.3) is 0 Å². The number of nitrogens with zero attached hydrogens (tertiary/aromatic N) is 1. The molecule has 18 heavy (non-hydrogen) atoms. The maximum atomic E-state index is 5.32. The molecule has 0 aliphatic rings. The summed E-state index contributed by atoms with van der Waals surface area (Å²) in [6.07, 6.45) is 1.06. The van der Waals surface area contributed by atoms with Gasteiger partial charge in [0.25, 0.3) is 0 Å². The van der Waals surface area contributed by atoms with E-state index in [4.69, 9.17) is 4.74 Å². The summed E-state index contributed by atoms with van der Waals surface area (Å²) in [6.45, 7) is 6.88. The van der Waals surface area contributed by atoms with Crippen LogP contribution in [0.4, 0.5) is 5.69 Å². The quantitative estimate of drug-likeness (QED) is 0.718. The van der Waals surface area contributed by atoms with Crippen LogP contribution >= 0.6 is 0 Å². The van der Waals surface area contributed by atoms with E-state index >= 15 is 0 Å². The lowest BCUT2D eigenvalue weighted by Crippen LogP contribution is -2.21. The number of anilines is 1. The maximum Gasteiger partial charge on any atom is 0.0477 e. The van der Waals surface area contributed by atoms with Crippen molar-refractivity contribution in [3.63, 3.8) is 0 Å². The Kier molecular flexibility index (Phi) is 6.76. The summed E-state index contributed by atoms with van der Waals surface area (Å²) >= 11 is 0. The van der Waals surface area contributed by atoms with Crippen LogP contribution in [0.3, 0.4) is 0 Å². The standard InChI is InChI=1S/C15H26N2O/c1-5-18-12-6-11-16-13(2)14-7-9-15(10-8-14)17(3)4/h7-10,13,16H,5-6,11-12H2,1-4H3. The van der Waals surface area contributed by atoms with Gasteiger partial charge < -0.3 is 15.0 Å². The zero-order valence-electron chi connectivity index (χ0n) is 12.1. The number of benzene rings is 1. The van der Waals surface area contributed by atoms with Crippen molar-refractivity contribution in [1.82, 2.24) is 5.32 Å². The van der Waals surface area contributed by atoms with Gasteiger partial charge in [-0.1, -0.05) is 12.1 Å². The Balaban J connectivity index is 2.34. The Morgan fingerprint density at radius 1 is 1.22 bits per heavy atom. The summed E-state index contributed by atoms with van der Waals surface area (Å²) in [6, 6.07) is 9.09. The van der Waals surface area contributed by atoms with Crippen molar-refractivity contribution in [1.29, 1.82) is 0 Å². The second-order valence-corrected chi connectivity index (χ2v) is 4.71. The summed E-state index contributed by atoms with van der Waals surface area (Å²) in [5.74, 6) is 0. The normalized spacial score (nSPS) is 12.4. The monoisotopic (exact) mass is 250 g/mol. The second-order valence-electron chi connectivity index (χ2n) is 4.71. The van der Waals surface area contributed by atoms with E-state index in [9.17, 15) is 0 Å². The first-order valence-electron chi connectivity index (χ1n) is 6.73. The molecule has 0 saturated heterocycles. The molecule has 3 nitrogen and oxygen atoms in total. The molecule has 1 aromatic rings. The largest absolute Gasteiger partial charge is 0.382 e. The van der Waals surface area contributed by atoms with Gasteiger partial charge in [-0.15, -0.1) is 0 Å². The first-order valence-corrected chi connectivity index (χ1v) is 6.73. The average Bonchev–Trinajstić information content (AvgIpc) is 2.38. The fraction of sp³-hybridized carbons (Fsp3) is 0.600. The summed E-state index contributed by atoms with van der Waals surface area (Å²) in [5, 5.41) is 3.51. The zero-order chi connectivity index (χ0) is 13.4. The van der Waals surface area contributed by atoms with E-state index in [0.29, 0.717) is 6.04 Å². The third kappa shape index (κ3) is 5.07. The molecule has 0 fully saturated rings. The molecule has 102 valence electrons. The van der Waals surface area contributed by atoms with Crippen LogP contribution in [0.1, 0.15) is 31.9 Å². The SMILES string of the molecule is CCOCCCNC(C)c1ccc(N(C)C)cc1. The van der Waals surface area contributed by atoms with E-state index in [0.717, 1.165) is 26.2 Å². The minimum absolute atomic E-state index is 0.392. The van der Waals surface area contributed by atoms with E-state index in [2.05, 4.69) is 55.5 Å². The highest BCUT2D eigenvalue weighted by Gasteiger charge is 2.04. The van der Waals surface area contributed by atoms with Crippen LogP contribution in [0.2, 0.25) is 0 Å². The molecular formula is C15H26N2O. The third-order valence-corrected chi connectivity index (χ3v) is 3.03. The molecule has 0 heterocycles. The van der Waals surface area contributed by atoms with E-state index in [1.54, 1.807) is 0 Å². The van der Waals surface area contributed by atoms with Crippen molar-refractivity contribution in [3.8, 4) is 0 Å². The first-order chi connectivity index (χ1) is 8.65. The van der Waals surface area contributed by atoms with Gasteiger partial charge in [-0.2, -0.15) is 0 Å². The Hall–Kier alpha value is -1.06. The van der Waals surface area contributed by atoms with Crippen LogP contribution in [-0.4, -0.2) is 33.9 Å². The highest BCUT2D eigenvalue weighted by Crippen LogP contribution is 2.17. The molecule has 0 bridgehead atoms. The summed E-state index contributed by atoms with van der Waals surface area (Å²) in [7, 11) is 4.12. The molecule has 1 atom stereocenters. The molecular weight excluding hydrogens is 224 g/mol. The molecule has 3 heteroatoms. The van der Waals surface area contributed by atoms with E-state index < -0.39 is 0 Å². The van der Waals surface area contributed by atoms with Crippen molar-refractivity contribution < 1.29 is 4.74 Å². The maximum absolute atomic E-state index is 5.32. The fourth-order valence-corrected chi connectivity index (χ4v) is 1.82. The van der Waals surface area contributed by atoms with E-state index in [1.165, 1.54) is 11.3 Å². The van der Waals surface area contributed by atoms with Gasteiger partial charge in [-0.05, 0) is 44.5 Å². The number of hydrogen-bond acceptors (Lipinski definition) is 3. The van der Waals surface area contributed by atoms with Crippen molar-refractivity contribution in [2.24, 2.45) is 0 Å². The molecule has 0 aliphatic carbocycles. The molecule has 1 unspecified atom stereocenters.